The van der Waals surface area contributed by atoms with Crippen LogP contribution >= 0.6 is 0 Å². The normalized spacial score (nSPS) is 12.8. The number of ether oxygens (including phenoxy) is 4. The summed E-state index contributed by atoms with van der Waals surface area (Å²) in [6.07, 6.45) is -15.0. The van der Waals surface area contributed by atoms with Crippen LogP contribution in [0.5, 0.6) is 17.5 Å². The van der Waals surface area contributed by atoms with E-state index in [2.05, 4.69) is 24.2 Å². The Balaban J connectivity index is 2.35. The summed E-state index contributed by atoms with van der Waals surface area (Å²) in [5.41, 5.74) is -0.0292. The zero-order valence-electron chi connectivity index (χ0n) is 20.2. The number of carbonyl (C=O) groups excluding carboxylic acids is 2. The number of hydrogen-bond donors (Lipinski definition) is 1. The van der Waals surface area contributed by atoms with E-state index in [1.807, 2.05) is 5.32 Å². The number of benzene rings is 1. The molecule has 2 aromatic rings. The standard InChI is InChI=1S/C22H20F9N3O6/c1-2-7-37-17(35)8-14(12-3-5-13(6-4-12)40-22(29,30)31)18(36)34-19-32-15(38-10-20(23,24)25)9-16(33-19)39-11-21(26,27)28/h3-6,9,14H,2,7-8,10-11H2,1H3,(H,32,33,34,36). The van der Waals surface area contributed by atoms with Gasteiger partial charge >= 0.3 is 24.7 Å². The summed E-state index contributed by atoms with van der Waals surface area (Å²) in [7, 11) is 0. The van der Waals surface area contributed by atoms with Crippen molar-refractivity contribution in [2.24, 2.45) is 0 Å². The highest BCUT2D eigenvalue weighted by Crippen LogP contribution is 2.29. The quantitative estimate of drug-likeness (QED) is 0.260. The number of aromatic nitrogens is 2. The summed E-state index contributed by atoms with van der Waals surface area (Å²) >= 11 is 0. The third-order valence-corrected chi connectivity index (χ3v) is 4.35. The first-order chi connectivity index (χ1) is 18.4. The van der Waals surface area contributed by atoms with Crippen LogP contribution in [-0.4, -0.2) is 60.4 Å². The van der Waals surface area contributed by atoms with Crippen LogP contribution in [0.3, 0.4) is 0 Å². The number of rotatable bonds is 12. The average Bonchev–Trinajstić information content (AvgIpc) is 2.82. The molecule has 0 fully saturated rings. The van der Waals surface area contributed by atoms with Crippen LogP contribution in [-0.2, 0) is 14.3 Å². The first-order valence-electron chi connectivity index (χ1n) is 11.0. The maximum Gasteiger partial charge on any atom is 0.573 e. The Hall–Kier alpha value is -3.99. The zero-order valence-corrected chi connectivity index (χ0v) is 20.2. The van der Waals surface area contributed by atoms with Crippen molar-refractivity contribution < 1.29 is 68.1 Å². The van der Waals surface area contributed by atoms with Gasteiger partial charge in [0, 0.05) is 0 Å². The van der Waals surface area contributed by atoms with Crippen molar-refractivity contribution in [3.05, 3.63) is 35.9 Å². The van der Waals surface area contributed by atoms with Crippen LogP contribution in [0, 0.1) is 0 Å². The topological polar surface area (TPSA) is 109 Å². The largest absolute Gasteiger partial charge is 0.573 e. The maximum absolute atomic E-state index is 13.0. The van der Waals surface area contributed by atoms with Gasteiger partial charge in [0.15, 0.2) is 13.2 Å². The van der Waals surface area contributed by atoms with E-state index in [0.717, 1.165) is 24.3 Å². The Labute approximate surface area is 219 Å². The van der Waals surface area contributed by atoms with E-state index >= 15 is 0 Å². The smallest absolute Gasteiger partial charge is 0.468 e. The van der Waals surface area contributed by atoms with Gasteiger partial charge in [0.25, 0.3) is 0 Å². The van der Waals surface area contributed by atoms with Gasteiger partial charge in [-0.2, -0.15) is 36.3 Å². The van der Waals surface area contributed by atoms with Gasteiger partial charge in [-0.1, -0.05) is 19.1 Å². The molecule has 1 amide bonds. The maximum atomic E-state index is 13.0. The van der Waals surface area contributed by atoms with Crippen LogP contribution in [0.2, 0.25) is 0 Å². The van der Waals surface area contributed by atoms with Crippen molar-refractivity contribution in [2.75, 3.05) is 25.1 Å². The second-order valence-corrected chi connectivity index (χ2v) is 7.76. The lowest BCUT2D eigenvalue weighted by Gasteiger charge is -2.18. The second-order valence-electron chi connectivity index (χ2n) is 7.76. The SMILES string of the molecule is CCCOC(=O)CC(C(=O)Nc1nc(OCC(F)(F)F)cc(OCC(F)(F)F)n1)c1ccc(OC(F)(F)F)cc1. The molecule has 2 rings (SSSR count). The van der Waals surface area contributed by atoms with Gasteiger partial charge in [0.05, 0.1) is 25.0 Å². The fourth-order valence-electron chi connectivity index (χ4n) is 2.82. The summed E-state index contributed by atoms with van der Waals surface area (Å²) in [6, 6.07) is 4.28. The summed E-state index contributed by atoms with van der Waals surface area (Å²) in [6.45, 7) is -2.13. The van der Waals surface area contributed by atoms with E-state index in [4.69, 9.17) is 4.74 Å². The highest BCUT2D eigenvalue weighted by atomic mass is 19.4. The molecule has 1 atom stereocenters. The number of nitrogens with zero attached hydrogens (tertiary/aromatic N) is 2. The number of halogens is 9. The summed E-state index contributed by atoms with van der Waals surface area (Å²) in [5, 5.41) is 2.03. The average molecular weight is 593 g/mol. The summed E-state index contributed by atoms with van der Waals surface area (Å²) in [5.74, 6) is -6.81. The van der Waals surface area contributed by atoms with Gasteiger partial charge < -0.3 is 18.9 Å². The van der Waals surface area contributed by atoms with Gasteiger partial charge in [-0.3, -0.25) is 14.9 Å². The minimum Gasteiger partial charge on any atom is -0.468 e. The summed E-state index contributed by atoms with van der Waals surface area (Å²) < 4.78 is 130. The molecule has 0 radical (unpaired) electrons. The number of amides is 1. The van der Waals surface area contributed by atoms with Crippen molar-refractivity contribution in [3.8, 4) is 17.5 Å². The molecular weight excluding hydrogens is 573 g/mol. The highest BCUT2D eigenvalue weighted by molar-refractivity contribution is 5.97. The van der Waals surface area contributed by atoms with Gasteiger partial charge in [0.1, 0.15) is 5.75 Å². The number of anilines is 1. The van der Waals surface area contributed by atoms with Crippen molar-refractivity contribution in [1.82, 2.24) is 9.97 Å². The van der Waals surface area contributed by atoms with Gasteiger partial charge in [-0.15, -0.1) is 13.2 Å². The molecule has 1 unspecified atom stereocenters. The molecule has 0 spiro atoms. The van der Waals surface area contributed by atoms with Gasteiger partial charge in [-0.25, -0.2) is 0 Å². The number of alkyl halides is 9. The molecule has 9 nitrogen and oxygen atoms in total. The molecule has 1 heterocycles. The lowest BCUT2D eigenvalue weighted by molar-refractivity contribution is -0.274. The first-order valence-corrected chi connectivity index (χ1v) is 11.0. The molecule has 40 heavy (non-hydrogen) atoms. The molecule has 1 aromatic carbocycles. The number of esters is 1. The fourth-order valence-corrected chi connectivity index (χ4v) is 2.82. The van der Waals surface area contributed by atoms with E-state index in [9.17, 15) is 49.1 Å². The Morgan fingerprint density at radius 3 is 1.85 bits per heavy atom. The predicted octanol–water partition coefficient (Wildman–Crippen LogP) is 5.32. The van der Waals surface area contributed by atoms with E-state index in [1.54, 1.807) is 6.92 Å². The lowest BCUT2D eigenvalue weighted by atomic mass is 9.94. The highest BCUT2D eigenvalue weighted by Gasteiger charge is 2.33. The number of hydrogen-bond acceptors (Lipinski definition) is 8. The molecule has 18 heteroatoms. The lowest BCUT2D eigenvalue weighted by Crippen LogP contribution is -2.26. The minimum absolute atomic E-state index is 0.0207. The molecule has 1 aromatic heterocycles. The number of nitrogens with one attached hydrogen (secondary N) is 1. The van der Waals surface area contributed by atoms with Crippen LogP contribution in [0.25, 0.3) is 0 Å². The van der Waals surface area contributed by atoms with E-state index in [0.29, 0.717) is 12.5 Å². The predicted molar refractivity (Wildman–Crippen MR) is 115 cm³/mol. The first kappa shape index (κ1) is 32.2. The molecular formula is C22H20F9N3O6. The van der Waals surface area contributed by atoms with Crippen LogP contribution in [0.4, 0.5) is 45.5 Å². The summed E-state index contributed by atoms with van der Waals surface area (Å²) in [4.78, 5) is 32.2. The third-order valence-electron chi connectivity index (χ3n) is 4.35. The van der Waals surface area contributed by atoms with Crippen LogP contribution < -0.4 is 19.5 Å². The van der Waals surface area contributed by atoms with E-state index in [-0.39, 0.29) is 12.2 Å². The Morgan fingerprint density at radius 2 is 1.40 bits per heavy atom. The van der Waals surface area contributed by atoms with Crippen LogP contribution in [0.15, 0.2) is 30.3 Å². The van der Waals surface area contributed by atoms with Gasteiger partial charge in [-0.05, 0) is 24.1 Å². The molecule has 222 valence electrons. The molecule has 0 aliphatic rings. The Bertz CT molecular complexity index is 1100. The molecule has 0 saturated heterocycles. The Kier molecular flexibility index (Phi) is 10.8. The second kappa shape index (κ2) is 13.4. The fraction of sp³-hybridized carbons (Fsp3) is 0.455. The Morgan fingerprint density at radius 1 is 0.875 bits per heavy atom. The third kappa shape index (κ3) is 12.2. The van der Waals surface area contributed by atoms with Crippen LogP contribution in [0.1, 0.15) is 31.2 Å². The molecule has 0 saturated carbocycles. The molecule has 1 N–H and O–H groups in total. The van der Waals surface area contributed by atoms with Crippen molar-refractivity contribution in [1.29, 1.82) is 0 Å². The van der Waals surface area contributed by atoms with E-state index < -0.39 is 79.6 Å². The molecule has 0 bridgehead atoms. The van der Waals surface area contributed by atoms with Crippen molar-refractivity contribution in [3.63, 3.8) is 0 Å². The van der Waals surface area contributed by atoms with Crippen molar-refractivity contribution >= 4 is 17.8 Å². The zero-order chi connectivity index (χ0) is 30.1. The van der Waals surface area contributed by atoms with E-state index in [1.165, 1.54) is 0 Å². The molecule has 0 aliphatic heterocycles. The molecule has 0 aliphatic carbocycles. The van der Waals surface area contributed by atoms with Gasteiger partial charge in [0.2, 0.25) is 23.6 Å². The monoisotopic (exact) mass is 593 g/mol. The van der Waals surface area contributed by atoms with Crippen molar-refractivity contribution in [2.45, 2.75) is 44.4 Å². The minimum atomic E-state index is -5.01. The number of carbonyl (C=O) groups is 2.